The van der Waals surface area contributed by atoms with Gasteiger partial charge in [0.05, 0.1) is 0 Å². The third kappa shape index (κ3) is 0.594. The Hall–Kier alpha value is -0.260. The van der Waals surface area contributed by atoms with Gasteiger partial charge in [0.15, 0.2) is 0 Å². The number of hydrogen-bond acceptors (Lipinski definition) is 0. The summed E-state index contributed by atoms with van der Waals surface area (Å²) in [5, 5.41) is 0. The van der Waals surface area contributed by atoms with Gasteiger partial charge in [0.1, 0.15) is 0 Å². The Labute approximate surface area is 51.6 Å². The van der Waals surface area contributed by atoms with Crippen LogP contribution in [0.3, 0.4) is 0 Å². The van der Waals surface area contributed by atoms with Crippen LogP contribution in [-0.4, -0.2) is 0 Å². The quantitative estimate of drug-likeness (QED) is 0.420. The Kier molecular flexibility index (Phi) is 1.00. The van der Waals surface area contributed by atoms with Gasteiger partial charge in [0.25, 0.3) is 0 Å². The summed E-state index contributed by atoms with van der Waals surface area (Å²) in [6, 6.07) is 0. The van der Waals surface area contributed by atoms with Crippen LogP contribution in [0.1, 0.15) is 27.2 Å². The summed E-state index contributed by atoms with van der Waals surface area (Å²) >= 11 is 0. The topological polar surface area (TPSA) is 0 Å². The third-order valence-electron chi connectivity index (χ3n) is 2.28. The van der Waals surface area contributed by atoms with Crippen molar-refractivity contribution in [2.75, 3.05) is 0 Å². The van der Waals surface area contributed by atoms with Crippen LogP contribution in [0.25, 0.3) is 0 Å². The molecule has 1 aliphatic carbocycles. The monoisotopic (exact) mass is 110 g/mol. The molecule has 1 unspecified atom stereocenters. The minimum atomic E-state index is 0.458. The Morgan fingerprint density at radius 1 is 1.62 bits per heavy atom. The fraction of sp³-hybridized carbons (Fsp3) is 0.750. The van der Waals surface area contributed by atoms with Crippen molar-refractivity contribution in [3.05, 3.63) is 12.2 Å². The molecule has 46 valence electrons. The van der Waals surface area contributed by atoms with Crippen molar-refractivity contribution >= 4 is 0 Å². The van der Waals surface area contributed by atoms with Gasteiger partial charge in [0, 0.05) is 0 Å². The minimum Gasteiger partial charge on any atom is -0.0990 e. The van der Waals surface area contributed by atoms with Crippen molar-refractivity contribution in [3.63, 3.8) is 0 Å². The van der Waals surface area contributed by atoms with Crippen molar-refractivity contribution in [1.29, 1.82) is 0 Å². The maximum absolute atomic E-state index is 3.99. The number of allylic oxidation sites excluding steroid dienone is 1. The van der Waals surface area contributed by atoms with Crippen LogP contribution < -0.4 is 0 Å². The zero-order valence-electron chi connectivity index (χ0n) is 5.99. The van der Waals surface area contributed by atoms with Crippen molar-refractivity contribution in [3.8, 4) is 0 Å². The van der Waals surface area contributed by atoms with Crippen molar-refractivity contribution < 1.29 is 0 Å². The molecule has 0 radical (unpaired) electrons. The van der Waals surface area contributed by atoms with E-state index in [1.165, 1.54) is 12.0 Å². The molecule has 0 aromatic rings. The van der Waals surface area contributed by atoms with E-state index >= 15 is 0 Å². The molecule has 0 aliphatic heterocycles. The van der Waals surface area contributed by atoms with Crippen LogP contribution in [0, 0.1) is 11.3 Å². The zero-order chi connectivity index (χ0) is 6.36. The van der Waals surface area contributed by atoms with E-state index in [0.29, 0.717) is 5.41 Å². The molecule has 1 saturated carbocycles. The van der Waals surface area contributed by atoms with Gasteiger partial charge in [-0.2, -0.15) is 0 Å². The molecule has 8 heavy (non-hydrogen) atoms. The summed E-state index contributed by atoms with van der Waals surface area (Å²) in [4.78, 5) is 0. The van der Waals surface area contributed by atoms with Gasteiger partial charge in [-0.05, 0) is 17.8 Å². The highest BCUT2D eigenvalue weighted by molar-refractivity contribution is 5.20. The predicted octanol–water partition coefficient (Wildman–Crippen LogP) is 2.61. The Morgan fingerprint density at radius 3 is 2.12 bits per heavy atom. The van der Waals surface area contributed by atoms with Crippen LogP contribution >= 0.6 is 0 Å². The largest absolute Gasteiger partial charge is 0.0990 e. The molecule has 1 aliphatic rings. The summed E-state index contributed by atoms with van der Waals surface area (Å²) in [6.45, 7) is 10.8. The van der Waals surface area contributed by atoms with E-state index in [1.54, 1.807) is 0 Å². The number of hydrogen-bond donors (Lipinski definition) is 0. The SMILES string of the molecule is C=C1C(C)CC1(C)C. The van der Waals surface area contributed by atoms with E-state index in [-0.39, 0.29) is 0 Å². The second-order valence-corrected chi connectivity index (χ2v) is 3.51. The summed E-state index contributed by atoms with van der Waals surface area (Å²) < 4.78 is 0. The molecular formula is C8H14. The van der Waals surface area contributed by atoms with E-state index in [1.807, 2.05) is 0 Å². The summed E-state index contributed by atoms with van der Waals surface area (Å²) in [5.74, 6) is 0.782. The van der Waals surface area contributed by atoms with E-state index in [4.69, 9.17) is 0 Å². The standard InChI is InChI=1S/C8H14/c1-6-5-8(3,4)7(6)2/h6H,2,5H2,1,3-4H3. The lowest BCUT2D eigenvalue weighted by molar-refractivity contribution is 0.228. The third-order valence-corrected chi connectivity index (χ3v) is 2.28. The zero-order valence-corrected chi connectivity index (χ0v) is 5.99. The molecule has 0 aromatic carbocycles. The van der Waals surface area contributed by atoms with Crippen molar-refractivity contribution in [1.82, 2.24) is 0 Å². The predicted molar refractivity (Wildman–Crippen MR) is 36.7 cm³/mol. The van der Waals surface area contributed by atoms with Gasteiger partial charge in [0.2, 0.25) is 0 Å². The lowest BCUT2D eigenvalue weighted by Gasteiger charge is -2.43. The van der Waals surface area contributed by atoms with Gasteiger partial charge in [-0.3, -0.25) is 0 Å². The molecule has 0 spiro atoms. The molecule has 1 fully saturated rings. The van der Waals surface area contributed by atoms with Gasteiger partial charge >= 0.3 is 0 Å². The summed E-state index contributed by atoms with van der Waals surface area (Å²) in [5.41, 5.74) is 1.89. The molecule has 0 N–H and O–H groups in total. The maximum atomic E-state index is 3.99. The highest BCUT2D eigenvalue weighted by Crippen LogP contribution is 2.48. The average Bonchev–Trinajstić information content (AvgIpc) is 1.65. The molecule has 0 aromatic heterocycles. The first-order valence-corrected chi connectivity index (χ1v) is 3.23. The van der Waals surface area contributed by atoms with Crippen molar-refractivity contribution in [2.45, 2.75) is 27.2 Å². The van der Waals surface area contributed by atoms with Crippen LogP contribution in [0.4, 0.5) is 0 Å². The molecule has 0 saturated heterocycles. The first-order valence-electron chi connectivity index (χ1n) is 3.23. The highest BCUT2D eigenvalue weighted by Gasteiger charge is 2.36. The second kappa shape index (κ2) is 1.37. The average molecular weight is 110 g/mol. The van der Waals surface area contributed by atoms with Crippen LogP contribution in [0.2, 0.25) is 0 Å². The van der Waals surface area contributed by atoms with E-state index in [0.717, 1.165) is 5.92 Å². The molecule has 0 amide bonds. The van der Waals surface area contributed by atoms with E-state index in [9.17, 15) is 0 Å². The van der Waals surface area contributed by atoms with Gasteiger partial charge in [-0.15, -0.1) is 0 Å². The smallest absolute Gasteiger partial charge is 0.0139 e. The first kappa shape index (κ1) is 5.87. The molecule has 1 atom stereocenters. The molecule has 0 nitrogen and oxygen atoms in total. The molecule has 0 heteroatoms. The summed E-state index contributed by atoms with van der Waals surface area (Å²) in [7, 11) is 0. The second-order valence-electron chi connectivity index (χ2n) is 3.51. The molecule has 0 heterocycles. The first-order chi connectivity index (χ1) is 3.54. The van der Waals surface area contributed by atoms with Gasteiger partial charge in [-0.25, -0.2) is 0 Å². The Bertz CT molecular complexity index is 120. The van der Waals surface area contributed by atoms with E-state index < -0.39 is 0 Å². The molecule has 0 bridgehead atoms. The Balaban J connectivity index is 2.61. The fourth-order valence-corrected chi connectivity index (χ4v) is 1.56. The molecule has 1 rings (SSSR count). The lowest BCUT2D eigenvalue weighted by Crippen LogP contribution is -2.32. The van der Waals surface area contributed by atoms with Crippen LogP contribution in [0.5, 0.6) is 0 Å². The maximum Gasteiger partial charge on any atom is -0.0139 e. The van der Waals surface area contributed by atoms with Crippen molar-refractivity contribution in [2.24, 2.45) is 11.3 Å². The summed E-state index contributed by atoms with van der Waals surface area (Å²) in [6.07, 6.45) is 1.33. The molecular weight excluding hydrogens is 96.1 g/mol. The van der Waals surface area contributed by atoms with Gasteiger partial charge < -0.3 is 0 Å². The fourth-order valence-electron chi connectivity index (χ4n) is 1.56. The van der Waals surface area contributed by atoms with Crippen LogP contribution in [0.15, 0.2) is 12.2 Å². The van der Waals surface area contributed by atoms with E-state index in [2.05, 4.69) is 27.4 Å². The van der Waals surface area contributed by atoms with Gasteiger partial charge in [-0.1, -0.05) is 32.9 Å². The minimum absolute atomic E-state index is 0.458. The number of rotatable bonds is 0. The normalized spacial score (nSPS) is 34.4. The van der Waals surface area contributed by atoms with Crippen LogP contribution in [-0.2, 0) is 0 Å². The lowest BCUT2D eigenvalue weighted by atomic mass is 9.61. The Morgan fingerprint density at radius 2 is 2.12 bits per heavy atom. The highest BCUT2D eigenvalue weighted by atomic mass is 14.4.